The summed E-state index contributed by atoms with van der Waals surface area (Å²) in [6, 6.07) is 0.00792. The number of aryl methyl sites for hydroxylation is 1. The number of aromatic nitrogens is 2. The Labute approximate surface area is 80.8 Å². The number of hydrogen-bond donors (Lipinski definition) is 0. The van der Waals surface area contributed by atoms with Crippen molar-refractivity contribution in [1.29, 1.82) is 0 Å². The minimum atomic E-state index is -4.34. The van der Waals surface area contributed by atoms with Crippen LogP contribution < -0.4 is 0 Å². The van der Waals surface area contributed by atoms with E-state index in [0.29, 0.717) is 12.2 Å². The van der Waals surface area contributed by atoms with Crippen LogP contribution in [0.5, 0.6) is 0 Å². The standard InChI is InChI=1S/C9H13F3N2/c1-4-8-13-7(9(10,11)12)5-14(8)6(2)3/h5-6H,4H2,1-3H3. The van der Waals surface area contributed by atoms with E-state index in [1.54, 1.807) is 11.5 Å². The van der Waals surface area contributed by atoms with E-state index < -0.39 is 11.9 Å². The van der Waals surface area contributed by atoms with Crippen LogP contribution >= 0.6 is 0 Å². The normalized spacial score (nSPS) is 12.5. The molecule has 0 N–H and O–H groups in total. The lowest BCUT2D eigenvalue weighted by Gasteiger charge is -2.09. The monoisotopic (exact) mass is 206 g/mol. The predicted molar refractivity (Wildman–Crippen MR) is 47.0 cm³/mol. The molecule has 0 aromatic carbocycles. The summed E-state index contributed by atoms with van der Waals surface area (Å²) in [6.07, 6.45) is -2.76. The zero-order valence-corrected chi connectivity index (χ0v) is 8.39. The maximum atomic E-state index is 12.3. The van der Waals surface area contributed by atoms with Gasteiger partial charge < -0.3 is 4.57 Å². The molecule has 0 unspecified atom stereocenters. The lowest BCUT2D eigenvalue weighted by molar-refractivity contribution is -0.141. The van der Waals surface area contributed by atoms with Crippen molar-refractivity contribution in [3.8, 4) is 0 Å². The average molecular weight is 206 g/mol. The molecule has 0 aliphatic carbocycles. The Balaban J connectivity index is 3.13. The van der Waals surface area contributed by atoms with Gasteiger partial charge in [0.2, 0.25) is 0 Å². The third-order valence-corrected chi connectivity index (χ3v) is 1.97. The zero-order chi connectivity index (χ0) is 10.9. The lowest BCUT2D eigenvalue weighted by Crippen LogP contribution is -2.05. The molecule has 1 rings (SSSR count). The molecule has 5 heteroatoms. The van der Waals surface area contributed by atoms with Crippen molar-refractivity contribution in [2.24, 2.45) is 0 Å². The maximum Gasteiger partial charge on any atom is 0.434 e. The van der Waals surface area contributed by atoms with Gasteiger partial charge in [-0.15, -0.1) is 0 Å². The molecule has 0 amide bonds. The quantitative estimate of drug-likeness (QED) is 0.727. The van der Waals surface area contributed by atoms with Crippen LogP contribution in [0.15, 0.2) is 6.20 Å². The fourth-order valence-electron chi connectivity index (χ4n) is 1.28. The van der Waals surface area contributed by atoms with Gasteiger partial charge >= 0.3 is 6.18 Å². The van der Waals surface area contributed by atoms with Crippen LogP contribution in [-0.2, 0) is 12.6 Å². The number of nitrogens with zero attached hydrogens (tertiary/aromatic N) is 2. The van der Waals surface area contributed by atoms with Crippen molar-refractivity contribution in [2.75, 3.05) is 0 Å². The van der Waals surface area contributed by atoms with Crippen LogP contribution in [0.3, 0.4) is 0 Å². The molecular formula is C9H13F3N2. The minimum absolute atomic E-state index is 0.00792. The van der Waals surface area contributed by atoms with E-state index in [1.807, 2.05) is 13.8 Å². The smallest absolute Gasteiger partial charge is 0.332 e. The largest absolute Gasteiger partial charge is 0.434 e. The summed E-state index contributed by atoms with van der Waals surface area (Å²) < 4.78 is 38.5. The van der Waals surface area contributed by atoms with E-state index in [9.17, 15) is 13.2 Å². The van der Waals surface area contributed by atoms with Crippen molar-refractivity contribution in [1.82, 2.24) is 9.55 Å². The second kappa shape index (κ2) is 3.63. The van der Waals surface area contributed by atoms with Gasteiger partial charge in [0.25, 0.3) is 0 Å². The Morgan fingerprint density at radius 3 is 2.29 bits per heavy atom. The van der Waals surface area contributed by atoms with E-state index in [1.165, 1.54) is 0 Å². The molecule has 0 saturated heterocycles. The number of alkyl halides is 3. The van der Waals surface area contributed by atoms with Crippen LogP contribution in [0, 0.1) is 0 Å². The summed E-state index contributed by atoms with van der Waals surface area (Å²) in [7, 11) is 0. The Kier molecular flexibility index (Phi) is 2.87. The van der Waals surface area contributed by atoms with Crippen LogP contribution in [0.1, 0.15) is 38.3 Å². The maximum absolute atomic E-state index is 12.3. The molecule has 0 radical (unpaired) electrons. The summed E-state index contributed by atoms with van der Waals surface area (Å²) in [5.41, 5.74) is -0.803. The van der Waals surface area contributed by atoms with Gasteiger partial charge in [0.15, 0.2) is 5.69 Å². The topological polar surface area (TPSA) is 17.8 Å². The lowest BCUT2D eigenvalue weighted by atomic mass is 10.3. The predicted octanol–water partition coefficient (Wildman–Crippen LogP) is 3.05. The number of halogens is 3. The van der Waals surface area contributed by atoms with E-state index in [0.717, 1.165) is 6.20 Å². The molecule has 0 atom stereocenters. The minimum Gasteiger partial charge on any atom is -0.332 e. The van der Waals surface area contributed by atoms with Crippen molar-refractivity contribution >= 4 is 0 Å². The Bertz CT molecular complexity index is 312. The molecular weight excluding hydrogens is 193 g/mol. The van der Waals surface area contributed by atoms with E-state index in [4.69, 9.17) is 0 Å². The van der Waals surface area contributed by atoms with Gasteiger partial charge in [-0.25, -0.2) is 4.98 Å². The molecule has 14 heavy (non-hydrogen) atoms. The van der Waals surface area contributed by atoms with Crippen LogP contribution in [-0.4, -0.2) is 9.55 Å². The summed E-state index contributed by atoms with van der Waals surface area (Å²) >= 11 is 0. The Morgan fingerprint density at radius 2 is 2.00 bits per heavy atom. The van der Waals surface area contributed by atoms with Gasteiger partial charge in [0.05, 0.1) is 0 Å². The highest BCUT2D eigenvalue weighted by Gasteiger charge is 2.34. The molecule has 1 aromatic rings. The Hall–Kier alpha value is -1.00. The molecule has 80 valence electrons. The van der Waals surface area contributed by atoms with Crippen molar-refractivity contribution in [3.05, 3.63) is 17.7 Å². The summed E-state index contributed by atoms with van der Waals surface area (Å²) in [6.45, 7) is 5.46. The highest BCUT2D eigenvalue weighted by atomic mass is 19.4. The Morgan fingerprint density at radius 1 is 1.43 bits per heavy atom. The van der Waals surface area contributed by atoms with Crippen molar-refractivity contribution in [3.63, 3.8) is 0 Å². The average Bonchev–Trinajstić information content (AvgIpc) is 2.45. The molecule has 0 aliphatic heterocycles. The SMILES string of the molecule is CCc1nc(C(F)(F)F)cn1C(C)C. The number of imidazole rings is 1. The molecule has 0 bridgehead atoms. The number of rotatable bonds is 2. The van der Waals surface area contributed by atoms with Gasteiger partial charge in [0, 0.05) is 18.7 Å². The summed E-state index contributed by atoms with van der Waals surface area (Å²) in [4.78, 5) is 3.56. The highest BCUT2D eigenvalue weighted by Crippen LogP contribution is 2.29. The first-order valence-corrected chi connectivity index (χ1v) is 4.51. The first-order valence-electron chi connectivity index (χ1n) is 4.51. The van der Waals surface area contributed by atoms with Gasteiger partial charge in [-0.2, -0.15) is 13.2 Å². The van der Waals surface area contributed by atoms with E-state index >= 15 is 0 Å². The fraction of sp³-hybridized carbons (Fsp3) is 0.667. The van der Waals surface area contributed by atoms with E-state index in [-0.39, 0.29) is 6.04 Å². The zero-order valence-electron chi connectivity index (χ0n) is 8.39. The first kappa shape index (κ1) is 11.1. The molecule has 1 aromatic heterocycles. The molecule has 2 nitrogen and oxygen atoms in total. The summed E-state index contributed by atoms with van der Waals surface area (Å²) in [5, 5.41) is 0. The van der Waals surface area contributed by atoms with Gasteiger partial charge in [-0.1, -0.05) is 6.92 Å². The van der Waals surface area contributed by atoms with E-state index in [2.05, 4.69) is 4.98 Å². The summed E-state index contributed by atoms with van der Waals surface area (Å²) in [5.74, 6) is 0.479. The molecule has 0 aliphatic rings. The molecule has 0 spiro atoms. The van der Waals surface area contributed by atoms with Gasteiger partial charge in [-0.05, 0) is 13.8 Å². The first-order chi connectivity index (χ1) is 6.36. The third-order valence-electron chi connectivity index (χ3n) is 1.97. The molecule has 0 saturated carbocycles. The highest BCUT2D eigenvalue weighted by molar-refractivity contribution is 5.08. The van der Waals surface area contributed by atoms with Crippen LogP contribution in [0.4, 0.5) is 13.2 Å². The van der Waals surface area contributed by atoms with Crippen LogP contribution in [0.2, 0.25) is 0 Å². The molecule has 0 fully saturated rings. The van der Waals surface area contributed by atoms with Crippen molar-refractivity contribution < 1.29 is 13.2 Å². The van der Waals surface area contributed by atoms with Crippen LogP contribution in [0.25, 0.3) is 0 Å². The number of hydrogen-bond acceptors (Lipinski definition) is 1. The van der Waals surface area contributed by atoms with Crippen molar-refractivity contribution in [2.45, 2.75) is 39.4 Å². The van der Waals surface area contributed by atoms with Gasteiger partial charge in [0.1, 0.15) is 5.82 Å². The second-order valence-corrected chi connectivity index (χ2v) is 3.39. The molecule has 1 heterocycles. The third kappa shape index (κ3) is 2.08. The second-order valence-electron chi connectivity index (χ2n) is 3.39. The van der Waals surface area contributed by atoms with Gasteiger partial charge in [-0.3, -0.25) is 0 Å². The fourth-order valence-corrected chi connectivity index (χ4v) is 1.28.